The van der Waals surface area contributed by atoms with Gasteiger partial charge in [-0.2, -0.15) is 0 Å². The number of hydrogen-bond donors (Lipinski definition) is 3. The van der Waals surface area contributed by atoms with Crippen LogP contribution in [0.1, 0.15) is 102 Å². The molecule has 3 N–H and O–H groups in total. The first kappa shape index (κ1) is 22.1. The fourth-order valence-electron chi connectivity index (χ4n) is 5.91. The fourth-order valence-corrected chi connectivity index (χ4v) is 5.91. The highest BCUT2D eigenvalue weighted by Gasteiger charge is 2.33. The van der Waals surface area contributed by atoms with Gasteiger partial charge in [0.1, 0.15) is 11.3 Å². The molecule has 4 fully saturated rings. The molecule has 3 heterocycles. The zero-order chi connectivity index (χ0) is 23.2. The van der Waals surface area contributed by atoms with Crippen LogP contribution in [0.5, 0.6) is 0 Å². The lowest BCUT2D eigenvalue weighted by atomic mass is 9.80. The smallest absolute Gasteiger partial charge is 0.365 e. The van der Waals surface area contributed by atoms with Crippen molar-refractivity contribution in [2.24, 2.45) is 17.8 Å². The molecule has 0 spiro atoms. The standard InChI is InChI=1S/C25H37N7O2/c1-14-9-11-16(12-10-14)13-32-19-20(26-15(2)17-5-3-6-17)27-22(23-30-25(33)34-31-23)28-21(19)29-24(32)18-7-4-8-18/h14-18,23,31H,3-13H2,1-2H3,(H,30,33)(H,26,27,28)/t14?,15-,16?,23?/m1/s1. The number of rotatable bonds is 7. The molecule has 3 aliphatic carbocycles. The second-order valence-electron chi connectivity index (χ2n) is 11.1. The number of nitrogens with one attached hydrogen (secondary N) is 3. The number of nitrogens with zero attached hydrogens (tertiary/aromatic N) is 4. The minimum Gasteiger partial charge on any atom is -0.365 e. The van der Waals surface area contributed by atoms with Crippen molar-refractivity contribution >= 4 is 23.1 Å². The molecule has 0 aromatic carbocycles. The van der Waals surface area contributed by atoms with Gasteiger partial charge in [0.05, 0.1) is 0 Å². The van der Waals surface area contributed by atoms with Gasteiger partial charge in [0, 0.05) is 18.5 Å². The van der Waals surface area contributed by atoms with E-state index in [-0.39, 0.29) is 0 Å². The van der Waals surface area contributed by atoms with Crippen molar-refractivity contribution in [3.05, 3.63) is 11.6 Å². The molecule has 1 amide bonds. The Balaban J connectivity index is 1.41. The molecule has 9 heteroatoms. The monoisotopic (exact) mass is 467 g/mol. The topological polar surface area (TPSA) is 106 Å². The minimum atomic E-state index is -0.575. The Labute approximate surface area is 200 Å². The minimum absolute atomic E-state index is 0.327. The summed E-state index contributed by atoms with van der Waals surface area (Å²) in [7, 11) is 0. The molecular formula is C25H37N7O2. The largest absolute Gasteiger partial charge is 0.427 e. The maximum Gasteiger partial charge on any atom is 0.427 e. The van der Waals surface area contributed by atoms with Gasteiger partial charge in [-0.3, -0.25) is 5.32 Å². The molecule has 6 rings (SSSR count). The van der Waals surface area contributed by atoms with Crippen LogP contribution >= 0.6 is 0 Å². The molecule has 2 aromatic rings. The number of fused-ring (bicyclic) bond motifs is 1. The Morgan fingerprint density at radius 3 is 2.44 bits per heavy atom. The van der Waals surface area contributed by atoms with E-state index in [2.05, 4.69) is 34.5 Å². The van der Waals surface area contributed by atoms with Crippen molar-refractivity contribution < 1.29 is 9.63 Å². The van der Waals surface area contributed by atoms with Crippen LogP contribution in [0, 0.1) is 17.8 Å². The Morgan fingerprint density at radius 2 is 1.82 bits per heavy atom. The van der Waals surface area contributed by atoms with Crippen LogP contribution in [-0.2, 0) is 11.4 Å². The molecule has 3 saturated carbocycles. The molecule has 2 atom stereocenters. The molecule has 1 aliphatic heterocycles. The van der Waals surface area contributed by atoms with Crippen molar-refractivity contribution in [1.82, 2.24) is 30.3 Å². The number of anilines is 1. The number of hydrogen-bond acceptors (Lipinski definition) is 7. The van der Waals surface area contributed by atoms with Gasteiger partial charge >= 0.3 is 6.09 Å². The van der Waals surface area contributed by atoms with Gasteiger partial charge in [0.25, 0.3) is 0 Å². The molecule has 2 aromatic heterocycles. The third kappa shape index (κ3) is 4.12. The SMILES string of the molecule is CC1CCC(Cn2c(C3CCC3)nc3nc(C4NOC(=O)N4)nc(N[C@H](C)C4CCC4)c32)CC1. The van der Waals surface area contributed by atoms with Crippen LogP contribution in [0.25, 0.3) is 11.2 Å². The summed E-state index contributed by atoms with van der Waals surface area (Å²) in [4.78, 5) is 31.4. The quantitative estimate of drug-likeness (QED) is 0.539. The first-order valence-electron chi connectivity index (χ1n) is 13.3. The molecular weight excluding hydrogens is 430 g/mol. The summed E-state index contributed by atoms with van der Waals surface area (Å²) in [6.45, 7) is 5.62. The number of amides is 1. The molecule has 9 nitrogen and oxygen atoms in total. The second kappa shape index (κ2) is 8.98. The van der Waals surface area contributed by atoms with E-state index >= 15 is 0 Å². The maximum absolute atomic E-state index is 11.6. The summed E-state index contributed by atoms with van der Waals surface area (Å²) >= 11 is 0. The van der Waals surface area contributed by atoms with Gasteiger partial charge < -0.3 is 14.7 Å². The number of aromatic nitrogens is 4. The number of imidazole rings is 1. The van der Waals surface area contributed by atoms with Crippen molar-refractivity contribution in [3.63, 3.8) is 0 Å². The normalized spacial score (nSPS) is 28.8. The van der Waals surface area contributed by atoms with Crippen LogP contribution < -0.4 is 16.1 Å². The summed E-state index contributed by atoms with van der Waals surface area (Å²) < 4.78 is 2.45. The highest BCUT2D eigenvalue weighted by molar-refractivity contribution is 5.84. The predicted molar refractivity (Wildman–Crippen MR) is 129 cm³/mol. The van der Waals surface area contributed by atoms with Crippen LogP contribution in [0.15, 0.2) is 0 Å². The average molecular weight is 468 g/mol. The van der Waals surface area contributed by atoms with E-state index in [1.807, 2.05) is 0 Å². The lowest BCUT2D eigenvalue weighted by Gasteiger charge is -2.33. The van der Waals surface area contributed by atoms with Gasteiger partial charge in [-0.25, -0.2) is 19.7 Å². The zero-order valence-electron chi connectivity index (χ0n) is 20.3. The summed E-state index contributed by atoms with van der Waals surface area (Å²) in [5.41, 5.74) is 4.45. The Kier molecular flexibility index (Phi) is 5.83. The molecule has 4 aliphatic rings. The van der Waals surface area contributed by atoms with E-state index in [4.69, 9.17) is 19.8 Å². The third-order valence-electron chi connectivity index (χ3n) is 8.71. The Morgan fingerprint density at radius 1 is 1.06 bits per heavy atom. The fraction of sp³-hybridized carbons (Fsp3) is 0.760. The summed E-state index contributed by atoms with van der Waals surface area (Å²) in [5, 5.41) is 6.48. The molecule has 34 heavy (non-hydrogen) atoms. The van der Waals surface area contributed by atoms with Gasteiger partial charge in [-0.1, -0.05) is 32.6 Å². The van der Waals surface area contributed by atoms with Gasteiger partial charge in [0.15, 0.2) is 23.5 Å². The summed E-state index contributed by atoms with van der Waals surface area (Å²) in [6, 6.07) is 0.327. The highest BCUT2D eigenvalue weighted by Crippen LogP contribution is 2.40. The maximum atomic E-state index is 11.6. The summed E-state index contributed by atoms with van der Waals surface area (Å²) in [5.74, 6) is 5.18. The highest BCUT2D eigenvalue weighted by atomic mass is 16.7. The first-order chi connectivity index (χ1) is 16.5. The van der Waals surface area contributed by atoms with Crippen molar-refractivity contribution in [2.75, 3.05) is 5.32 Å². The average Bonchev–Trinajstić information content (AvgIpc) is 3.31. The van der Waals surface area contributed by atoms with E-state index < -0.39 is 12.3 Å². The van der Waals surface area contributed by atoms with Gasteiger partial charge in [0.2, 0.25) is 0 Å². The van der Waals surface area contributed by atoms with Crippen LogP contribution in [0.4, 0.5) is 10.6 Å². The molecule has 0 bridgehead atoms. The van der Waals surface area contributed by atoms with Crippen molar-refractivity contribution in [3.8, 4) is 0 Å². The lowest BCUT2D eigenvalue weighted by molar-refractivity contribution is 0.120. The Bertz CT molecular complexity index is 1050. The van der Waals surface area contributed by atoms with Crippen LogP contribution in [-0.4, -0.2) is 31.7 Å². The van der Waals surface area contributed by atoms with E-state index in [0.29, 0.717) is 29.6 Å². The number of carbonyl (C=O) groups is 1. The molecule has 1 saturated heterocycles. The van der Waals surface area contributed by atoms with E-state index in [9.17, 15) is 4.79 Å². The van der Waals surface area contributed by atoms with Crippen molar-refractivity contribution in [2.45, 2.75) is 103 Å². The summed E-state index contributed by atoms with van der Waals surface area (Å²) in [6.07, 6.45) is 11.6. The van der Waals surface area contributed by atoms with Gasteiger partial charge in [-0.05, 0) is 63.2 Å². The first-order valence-corrected chi connectivity index (χ1v) is 13.3. The molecule has 1 unspecified atom stereocenters. The van der Waals surface area contributed by atoms with E-state index in [1.54, 1.807) is 0 Å². The third-order valence-corrected chi connectivity index (χ3v) is 8.71. The van der Waals surface area contributed by atoms with Crippen LogP contribution in [0.3, 0.4) is 0 Å². The Hall–Kier alpha value is -2.42. The van der Waals surface area contributed by atoms with Crippen LogP contribution in [0.2, 0.25) is 0 Å². The molecule has 184 valence electrons. The lowest BCUT2D eigenvalue weighted by Crippen LogP contribution is -2.32. The number of carbonyl (C=O) groups excluding carboxylic acids is 1. The zero-order valence-corrected chi connectivity index (χ0v) is 20.3. The predicted octanol–water partition coefficient (Wildman–Crippen LogP) is 4.76. The van der Waals surface area contributed by atoms with Crippen molar-refractivity contribution in [1.29, 1.82) is 0 Å². The molecule has 0 radical (unpaired) electrons. The van der Waals surface area contributed by atoms with E-state index in [0.717, 1.165) is 29.4 Å². The number of hydroxylamine groups is 1. The van der Waals surface area contributed by atoms with E-state index in [1.165, 1.54) is 70.0 Å². The second-order valence-corrected chi connectivity index (χ2v) is 11.1. The van der Waals surface area contributed by atoms with Gasteiger partial charge in [-0.15, -0.1) is 5.48 Å².